The highest BCUT2D eigenvalue weighted by Gasteiger charge is 2.12. The Balaban J connectivity index is 0.000000276. The average molecular weight is 675 g/mol. The molecule has 2 aromatic carbocycles. The van der Waals surface area contributed by atoms with E-state index in [1.165, 1.54) is 34.4 Å². The first kappa shape index (κ1) is 37.7. The van der Waals surface area contributed by atoms with Gasteiger partial charge in [0.15, 0.2) is 11.6 Å². The topological polar surface area (TPSA) is 170 Å². The van der Waals surface area contributed by atoms with Crippen molar-refractivity contribution in [2.45, 2.75) is 67.6 Å². The fraction of sp³-hybridized carbons (Fsp3) is 0.343. The van der Waals surface area contributed by atoms with Gasteiger partial charge in [-0.2, -0.15) is 0 Å². The van der Waals surface area contributed by atoms with E-state index in [1.54, 1.807) is 0 Å². The number of nitrogens with zero attached hydrogens (tertiary/aromatic N) is 6. The van der Waals surface area contributed by atoms with Crippen LogP contribution in [-0.4, -0.2) is 71.5 Å². The highest BCUT2D eigenvalue weighted by Crippen LogP contribution is 2.25. The molecule has 49 heavy (non-hydrogen) atoms. The van der Waals surface area contributed by atoms with Gasteiger partial charge in [0.2, 0.25) is 0 Å². The quantitative estimate of drug-likeness (QED) is 0.0992. The number of aryl methyl sites for hydroxylation is 2. The molecule has 0 aliphatic heterocycles. The Bertz CT molecular complexity index is 1790. The molecule has 2 aromatic heterocycles. The number of carboxylic acids is 1. The maximum absolute atomic E-state index is 11.7. The first-order chi connectivity index (χ1) is 23.2. The standard InChI is InChI=1S/C20H25N3O5.C15H17N3O3/c1-13(2)11-26-20(25)28-18(24)6-7-23-12-21-19(22-23)16-8-15(5)9-17(10-16)27-14(3)4;1-10(2)21-13-7-11(3)6-12(8-13)15-16-9-18(17-15)5-4-14(19)20/h6-10,12-14H,11H2,1-5H3;4-10H,1-3H3,(H,19,20)/b7-6-;5-4-. The van der Waals surface area contributed by atoms with Gasteiger partial charge in [-0.25, -0.2) is 33.7 Å². The van der Waals surface area contributed by atoms with E-state index in [2.05, 4.69) is 24.9 Å². The fourth-order valence-electron chi connectivity index (χ4n) is 4.05. The molecule has 0 aliphatic rings. The highest BCUT2D eigenvalue weighted by molar-refractivity contribution is 5.91. The van der Waals surface area contributed by atoms with Crippen LogP contribution in [0.5, 0.6) is 11.5 Å². The molecule has 0 atom stereocenters. The van der Waals surface area contributed by atoms with Crippen LogP contribution in [0, 0.1) is 19.8 Å². The number of aromatic nitrogens is 6. The zero-order valence-corrected chi connectivity index (χ0v) is 28.9. The van der Waals surface area contributed by atoms with E-state index in [9.17, 15) is 14.4 Å². The zero-order valence-electron chi connectivity index (χ0n) is 28.9. The molecule has 14 heteroatoms. The lowest BCUT2D eigenvalue weighted by molar-refractivity contribution is -0.134. The first-order valence-corrected chi connectivity index (χ1v) is 15.5. The van der Waals surface area contributed by atoms with E-state index in [4.69, 9.17) is 19.3 Å². The Morgan fingerprint density at radius 2 is 1.20 bits per heavy atom. The van der Waals surface area contributed by atoms with Crippen LogP contribution in [0.1, 0.15) is 52.7 Å². The molecule has 0 unspecified atom stereocenters. The summed E-state index contributed by atoms with van der Waals surface area (Å²) in [5, 5.41) is 17.1. The molecular formula is C35H42N6O8. The molecule has 0 radical (unpaired) electrons. The molecule has 2 heterocycles. The summed E-state index contributed by atoms with van der Waals surface area (Å²) in [6, 6.07) is 11.5. The molecule has 0 spiro atoms. The Morgan fingerprint density at radius 1 is 0.735 bits per heavy atom. The summed E-state index contributed by atoms with van der Waals surface area (Å²) in [6.45, 7) is 15.7. The van der Waals surface area contributed by atoms with Gasteiger partial charge in [0.1, 0.15) is 24.2 Å². The normalized spacial score (nSPS) is 11.2. The molecule has 0 saturated carbocycles. The van der Waals surface area contributed by atoms with Gasteiger partial charge in [0.25, 0.3) is 0 Å². The highest BCUT2D eigenvalue weighted by atomic mass is 16.7. The number of carbonyl (C=O) groups is 3. The van der Waals surface area contributed by atoms with Crippen molar-refractivity contribution in [3.63, 3.8) is 0 Å². The fourth-order valence-corrected chi connectivity index (χ4v) is 4.05. The lowest BCUT2D eigenvalue weighted by atomic mass is 10.1. The summed E-state index contributed by atoms with van der Waals surface area (Å²) in [7, 11) is 0. The molecular weight excluding hydrogens is 632 g/mol. The summed E-state index contributed by atoms with van der Waals surface area (Å²) in [6.07, 6.45) is 6.77. The summed E-state index contributed by atoms with van der Waals surface area (Å²) in [5.41, 5.74) is 3.68. The van der Waals surface area contributed by atoms with E-state index in [0.29, 0.717) is 11.6 Å². The molecule has 0 bridgehead atoms. The van der Waals surface area contributed by atoms with E-state index in [0.717, 1.165) is 45.9 Å². The van der Waals surface area contributed by atoms with Gasteiger partial charge in [0.05, 0.1) is 18.8 Å². The van der Waals surface area contributed by atoms with Gasteiger partial charge >= 0.3 is 18.1 Å². The number of hydrogen-bond donors (Lipinski definition) is 1. The molecule has 4 aromatic rings. The molecule has 0 amide bonds. The number of hydrogen-bond acceptors (Lipinski definition) is 11. The van der Waals surface area contributed by atoms with Crippen LogP contribution in [0.2, 0.25) is 0 Å². The van der Waals surface area contributed by atoms with Crippen molar-refractivity contribution in [2.75, 3.05) is 6.61 Å². The summed E-state index contributed by atoms with van der Waals surface area (Å²) in [4.78, 5) is 41.9. The van der Waals surface area contributed by atoms with Crippen LogP contribution >= 0.6 is 0 Å². The third kappa shape index (κ3) is 13.5. The van der Waals surface area contributed by atoms with E-state index in [-0.39, 0.29) is 24.7 Å². The number of carbonyl (C=O) groups excluding carboxylic acids is 2. The predicted octanol–water partition coefficient (Wildman–Crippen LogP) is 6.44. The van der Waals surface area contributed by atoms with Crippen molar-refractivity contribution < 1.29 is 38.4 Å². The van der Waals surface area contributed by atoms with Crippen LogP contribution < -0.4 is 9.47 Å². The van der Waals surface area contributed by atoms with Crippen LogP contribution in [0.4, 0.5) is 4.79 Å². The SMILES string of the molecule is Cc1cc(OC(C)C)cc(-c2ncn(/C=C\C(=O)O)n2)c1.Cc1cc(OC(C)C)cc(-c2ncn(/C=C\C(=O)OC(=O)OCC(C)C)n2)c1. The van der Waals surface area contributed by atoms with Gasteiger partial charge < -0.3 is 24.1 Å². The van der Waals surface area contributed by atoms with Crippen molar-refractivity contribution in [1.82, 2.24) is 29.5 Å². The van der Waals surface area contributed by atoms with Crippen LogP contribution in [0.15, 0.2) is 61.2 Å². The molecule has 4 rings (SSSR count). The first-order valence-electron chi connectivity index (χ1n) is 15.5. The van der Waals surface area contributed by atoms with Crippen LogP contribution in [-0.2, 0) is 19.1 Å². The summed E-state index contributed by atoms with van der Waals surface area (Å²) in [5.74, 6) is 0.760. The minimum absolute atomic E-state index is 0.0568. The molecule has 0 saturated heterocycles. The van der Waals surface area contributed by atoms with E-state index >= 15 is 0 Å². The number of benzene rings is 2. The second-order valence-electron chi connectivity index (χ2n) is 11.8. The number of carboxylic acid groups (broad SMARTS) is 1. The monoisotopic (exact) mass is 674 g/mol. The number of esters is 1. The third-order valence-corrected chi connectivity index (χ3v) is 5.83. The predicted molar refractivity (Wildman–Crippen MR) is 182 cm³/mol. The largest absolute Gasteiger partial charge is 0.516 e. The molecule has 14 nitrogen and oxygen atoms in total. The molecule has 260 valence electrons. The van der Waals surface area contributed by atoms with Crippen LogP contribution in [0.25, 0.3) is 35.2 Å². The molecule has 0 aliphatic carbocycles. The minimum Gasteiger partial charge on any atom is -0.491 e. The van der Waals surface area contributed by atoms with Crippen molar-refractivity contribution in [3.8, 4) is 34.3 Å². The smallest absolute Gasteiger partial charge is 0.491 e. The Kier molecular flexibility index (Phi) is 13.8. The third-order valence-electron chi connectivity index (χ3n) is 5.83. The van der Waals surface area contributed by atoms with Crippen molar-refractivity contribution in [1.29, 1.82) is 0 Å². The van der Waals surface area contributed by atoms with Gasteiger partial charge in [0, 0.05) is 35.7 Å². The second kappa shape index (κ2) is 17.9. The lowest BCUT2D eigenvalue weighted by Gasteiger charge is -2.11. The number of rotatable bonds is 12. The lowest BCUT2D eigenvalue weighted by Crippen LogP contribution is -2.14. The Morgan fingerprint density at radius 3 is 1.63 bits per heavy atom. The number of aliphatic carboxylic acids is 1. The Labute approximate surface area is 285 Å². The summed E-state index contributed by atoms with van der Waals surface area (Å²) >= 11 is 0. The summed E-state index contributed by atoms with van der Waals surface area (Å²) < 4.78 is 23.4. The van der Waals surface area contributed by atoms with E-state index in [1.807, 2.05) is 91.8 Å². The van der Waals surface area contributed by atoms with Crippen molar-refractivity contribution in [3.05, 3.63) is 72.3 Å². The second-order valence-corrected chi connectivity index (χ2v) is 11.8. The molecule has 0 fully saturated rings. The van der Waals surface area contributed by atoms with E-state index < -0.39 is 18.1 Å². The number of ether oxygens (including phenoxy) is 4. The van der Waals surface area contributed by atoms with Crippen molar-refractivity contribution in [2.24, 2.45) is 5.92 Å². The van der Waals surface area contributed by atoms with Gasteiger partial charge in [-0.3, -0.25) is 0 Å². The van der Waals surface area contributed by atoms with Gasteiger partial charge in [-0.15, -0.1) is 10.2 Å². The minimum atomic E-state index is -1.03. The van der Waals surface area contributed by atoms with Crippen molar-refractivity contribution >= 4 is 30.5 Å². The maximum Gasteiger partial charge on any atom is 0.516 e. The molecule has 1 N–H and O–H groups in total. The zero-order chi connectivity index (χ0) is 36.1. The Hall–Kier alpha value is -5.79. The van der Waals surface area contributed by atoms with Gasteiger partial charge in [-0.05, 0) is 95.0 Å². The van der Waals surface area contributed by atoms with Gasteiger partial charge in [-0.1, -0.05) is 13.8 Å². The maximum atomic E-state index is 11.7. The van der Waals surface area contributed by atoms with Crippen LogP contribution in [0.3, 0.4) is 0 Å². The average Bonchev–Trinajstić information content (AvgIpc) is 3.67.